The van der Waals surface area contributed by atoms with Gasteiger partial charge in [0, 0.05) is 25.1 Å². The Kier molecular flexibility index (Phi) is 4.13. The topological polar surface area (TPSA) is 65.5 Å². The number of hydrogen-bond donors (Lipinski definition) is 0. The Bertz CT molecular complexity index is 756. The molecule has 0 N–H and O–H groups in total. The van der Waals surface area contributed by atoms with E-state index in [9.17, 15) is 9.59 Å². The van der Waals surface area contributed by atoms with Crippen molar-refractivity contribution in [3.05, 3.63) is 34.3 Å². The van der Waals surface area contributed by atoms with Gasteiger partial charge in [0.05, 0.1) is 16.4 Å². The first-order valence-electron chi connectivity index (χ1n) is 6.62. The number of rotatable bonds is 3. The van der Waals surface area contributed by atoms with Crippen molar-refractivity contribution in [1.82, 2.24) is 4.98 Å². The normalized spacial score (nSPS) is 12.6. The van der Waals surface area contributed by atoms with Crippen LogP contribution in [0.2, 0.25) is 0 Å². The van der Waals surface area contributed by atoms with Crippen molar-refractivity contribution >= 4 is 34.1 Å². The van der Waals surface area contributed by atoms with Crippen molar-refractivity contribution in [3.63, 3.8) is 0 Å². The summed E-state index contributed by atoms with van der Waals surface area (Å²) < 4.78 is 10.7. The predicted octanol–water partition coefficient (Wildman–Crippen LogP) is 3.19. The van der Waals surface area contributed by atoms with Crippen molar-refractivity contribution in [1.29, 1.82) is 0 Å². The highest BCUT2D eigenvalue weighted by atomic mass is 35.5. The summed E-state index contributed by atoms with van der Waals surface area (Å²) >= 11 is 6.87. The average Bonchev–Trinajstić information content (AvgIpc) is 2.82. The number of carbonyl (C=O) groups is 2. The van der Waals surface area contributed by atoms with Gasteiger partial charge in [0.1, 0.15) is 18.1 Å². The van der Waals surface area contributed by atoms with Crippen LogP contribution >= 0.6 is 22.9 Å². The van der Waals surface area contributed by atoms with E-state index in [4.69, 9.17) is 21.1 Å². The molecule has 114 valence electrons. The van der Waals surface area contributed by atoms with E-state index >= 15 is 0 Å². The standard InChI is InChI=1S/C15H12ClNO4S/c1-8(18)21-7-9-4-11-13(17-6-9)14-10(2-3-20-11)5-12(22-14)15(16)19/h4-6H,2-3,7H2,1H3. The number of thiophene rings is 1. The molecule has 2 aromatic rings. The van der Waals surface area contributed by atoms with Crippen molar-refractivity contribution < 1.29 is 19.1 Å². The van der Waals surface area contributed by atoms with Crippen LogP contribution in [0.5, 0.6) is 5.75 Å². The summed E-state index contributed by atoms with van der Waals surface area (Å²) in [5, 5.41) is -0.466. The Morgan fingerprint density at radius 1 is 1.45 bits per heavy atom. The molecule has 3 heterocycles. The predicted molar refractivity (Wildman–Crippen MR) is 82.4 cm³/mol. The first-order chi connectivity index (χ1) is 10.5. The second-order valence-corrected chi connectivity index (χ2v) is 6.20. The Morgan fingerprint density at radius 2 is 2.27 bits per heavy atom. The molecule has 1 aliphatic heterocycles. The van der Waals surface area contributed by atoms with E-state index in [-0.39, 0.29) is 12.6 Å². The number of nitrogens with zero attached hydrogens (tertiary/aromatic N) is 1. The van der Waals surface area contributed by atoms with Crippen LogP contribution in [0.25, 0.3) is 10.6 Å². The zero-order valence-corrected chi connectivity index (χ0v) is 13.3. The van der Waals surface area contributed by atoms with Crippen molar-refractivity contribution in [2.75, 3.05) is 6.61 Å². The van der Waals surface area contributed by atoms with Gasteiger partial charge in [-0.1, -0.05) is 0 Å². The lowest BCUT2D eigenvalue weighted by Gasteiger charge is -2.09. The van der Waals surface area contributed by atoms with Crippen molar-refractivity contribution in [2.24, 2.45) is 0 Å². The van der Waals surface area contributed by atoms with Crippen LogP contribution in [0, 0.1) is 0 Å². The monoisotopic (exact) mass is 337 g/mol. The van der Waals surface area contributed by atoms with Gasteiger partial charge in [-0.25, -0.2) is 0 Å². The van der Waals surface area contributed by atoms with E-state index in [1.165, 1.54) is 18.3 Å². The summed E-state index contributed by atoms with van der Waals surface area (Å²) in [6.07, 6.45) is 2.33. The Balaban J connectivity index is 1.98. The van der Waals surface area contributed by atoms with Crippen LogP contribution in [-0.4, -0.2) is 22.8 Å². The minimum Gasteiger partial charge on any atom is -0.491 e. The van der Waals surface area contributed by atoms with Gasteiger partial charge in [0.25, 0.3) is 5.24 Å². The first kappa shape index (κ1) is 15.0. The van der Waals surface area contributed by atoms with Gasteiger partial charge in [-0.3, -0.25) is 14.6 Å². The molecule has 3 rings (SSSR count). The third-order valence-corrected chi connectivity index (χ3v) is 4.70. The Labute approximate surface area is 135 Å². The molecule has 7 heteroatoms. The second kappa shape index (κ2) is 6.06. The lowest BCUT2D eigenvalue weighted by Crippen LogP contribution is -2.02. The van der Waals surface area contributed by atoms with Gasteiger partial charge >= 0.3 is 5.97 Å². The molecule has 0 amide bonds. The average molecular weight is 338 g/mol. The molecule has 0 fully saturated rings. The smallest absolute Gasteiger partial charge is 0.302 e. The highest BCUT2D eigenvalue weighted by Gasteiger charge is 2.22. The fraction of sp³-hybridized carbons (Fsp3) is 0.267. The van der Waals surface area contributed by atoms with Crippen LogP contribution in [0.4, 0.5) is 0 Å². The number of pyridine rings is 1. The van der Waals surface area contributed by atoms with Crippen LogP contribution < -0.4 is 4.74 Å². The third-order valence-electron chi connectivity index (χ3n) is 3.20. The summed E-state index contributed by atoms with van der Waals surface area (Å²) in [6, 6.07) is 3.60. The molecular formula is C15H12ClNO4S. The molecule has 0 saturated heterocycles. The first-order valence-corrected chi connectivity index (χ1v) is 7.82. The molecule has 0 saturated carbocycles. The fourth-order valence-electron chi connectivity index (χ4n) is 2.21. The number of carbonyl (C=O) groups excluding carboxylic acids is 2. The largest absolute Gasteiger partial charge is 0.491 e. The van der Waals surface area contributed by atoms with E-state index in [0.29, 0.717) is 29.3 Å². The molecule has 0 radical (unpaired) electrons. The number of esters is 1. The van der Waals surface area contributed by atoms with Gasteiger partial charge in [-0.05, 0) is 29.3 Å². The number of hydrogen-bond acceptors (Lipinski definition) is 6. The van der Waals surface area contributed by atoms with E-state index in [1.807, 2.05) is 6.07 Å². The molecule has 0 spiro atoms. The molecule has 5 nitrogen and oxygen atoms in total. The summed E-state index contributed by atoms with van der Waals surface area (Å²) in [7, 11) is 0. The molecule has 0 unspecified atom stereocenters. The van der Waals surface area contributed by atoms with Gasteiger partial charge < -0.3 is 9.47 Å². The maximum absolute atomic E-state index is 11.3. The SMILES string of the molecule is CC(=O)OCc1cnc2c(c1)OCCc1cc(C(=O)Cl)sc1-2. The number of fused-ring (bicyclic) bond motifs is 3. The fourth-order valence-corrected chi connectivity index (χ4v) is 3.43. The molecular weight excluding hydrogens is 326 g/mol. The number of ether oxygens (including phenoxy) is 2. The number of halogens is 1. The van der Waals surface area contributed by atoms with E-state index in [0.717, 1.165) is 16.0 Å². The minimum absolute atomic E-state index is 0.154. The highest BCUT2D eigenvalue weighted by Crippen LogP contribution is 2.40. The molecule has 0 bridgehead atoms. The third kappa shape index (κ3) is 2.98. The summed E-state index contributed by atoms with van der Waals surface area (Å²) in [6.45, 7) is 2.00. The zero-order valence-electron chi connectivity index (χ0n) is 11.7. The van der Waals surface area contributed by atoms with E-state index in [1.54, 1.807) is 12.3 Å². The lowest BCUT2D eigenvalue weighted by molar-refractivity contribution is -0.142. The molecule has 0 aromatic carbocycles. The van der Waals surface area contributed by atoms with Crippen molar-refractivity contribution in [2.45, 2.75) is 20.0 Å². The van der Waals surface area contributed by atoms with Gasteiger partial charge in [0.2, 0.25) is 0 Å². The van der Waals surface area contributed by atoms with Gasteiger partial charge in [0.15, 0.2) is 0 Å². The molecule has 1 aliphatic rings. The Hall–Kier alpha value is -1.92. The van der Waals surface area contributed by atoms with Crippen LogP contribution in [-0.2, 0) is 22.6 Å². The molecule has 0 aliphatic carbocycles. The van der Waals surface area contributed by atoms with E-state index in [2.05, 4.69) is 4.98 Å². The summed E-state index contributed by atoms with van der Waals surface area (Å²) in [4.78, 5) is 28.0. The number of aromatic nitrogens is 1. The summed E-state index contributed by atoms with van der Waals surface area (Å²) in [5.41, 5.74) is 2.45. The summed E-state index contributed by atoms with van der Waals surface area (Å²) in [5.74, 6) is 0.278. The van der Waals surface area contributed by atoms with Gasteiger partial charge in [-0.15, -0.1) is 11.3 Å². The van der Waals surface area contributed by atoms with Gasteiger partial charge in [-0.2, -0.15) is 0 Å². The van der Waals surface area contributed by atoms with Crippen LogP contribution in [0.3, 0.4) is 0 Å². The quantitative estimate of drug-likeness (QED) is 0.635. The van der Waals surface area contributed by atoms with E-state index < -0.39 is 5.24 Å². The molecule has 22 heavy (non-hydrogen) atoms. The molecule has 2 aromatic heterocycles. The van der Waals surface area contributed by atoms with Crippen molar-refractivity contribution in [3.8, 4) is 16.3 Å². The highest BCUT2D eigenvalue weighted by molar-refractivity contribution is 7.19. The maximum Gasteiger partial charge on any atom is 0.302 e. The van der Waals surface area contributed by atoms with Crippen LogP contribution in [0.15, 0.2) is 18.3 Å². The maximum atomic E-state index is 11.3. The van der Waals surface area contributed by atoms with Crippen LogP contribution in [0.1, 0.15) is 27.7 Å². The zero-order chi connectivity index (χ0) is 15.7. The minimum atomic E-state index is -0.466. The Morgan fingerprint density at radius 3 is 3.00 bits per heavy atom. The lowest BCUT2D eigenvalue weighted by atomic mass is 10.1. The second-order valence-electron chi connectivity index (χ2n) is 4.81. The molecule has 0 atom stereocenters.